The molecular weight excluding hydrogens is 128 g/mol. The van der Waals surface area contributed by atoms with E-state index in [2.05, 4.69) is 25.7 Å². The lowest BCUT2D eigenvalue weighted by atomic mass is 9.84. The first-order valence-electron chi connectivity index (χ1n) is 3.93. The summed E-state index contributed by atoms with van der Waals surface area (Å²) < 4.78 is 0. The molecule has 2 heteroatoms. The van der Waals surface area contributed by atoms with Crippen LogP contribution in [0.5, 0.6) is 0 Å². The normalized spacial score (nSPS) is 16.8. The minimum Gasteiger partial charge on any atom is -0.203 e. The summed E-state index contributed by atoms with van der Waals surface area (Å²) in [7, 11) is 0. The molecule has 61 valence electrons. The van der Waals surface area contributed by atoms with E-state index >= 15 is 0 Å². The molecule has 0 heterocycles. The van der Waals surface area contributed by atoms with Crippen LogP contribution in [0.2, 0.25) is 0 Å². The zero-order valence-electron chi connectivity index (χ0n) is 7.14. The molecule has 2 nitrogen and oxygen atoms in total. The molecule has 0 saturated carbocycles. The Hall–Kier alpha value is -0.0800. The SMILES string of the molecule is CCCC(C)(CC)CO[O]. The van der Waals surface area contributed by atoms with E-state index in [1.54, 1.807) is 0 Å². The van der Waals surface area contributed by atoms with Crippen LogP contribution >= 0.6 is 0 Å². The second-order valence-corrected chi connectivity index (χ2v) is 3.18. The van der Waals surface area contributed by atoms with Crippen molar-refractivity contribution in [2.75, 3.05) is 6.61 Å². The van der Waals surface area contributed by atoms with Crippen LogP contribution in [0.1, 0.15) is 40.0 Å². The highest BCUT2D eigenvalue weighted by Crippen LogP contribution is 2.26. The molecule has 0 aliphatic rings. The summed E-state index contributed by atoms with van der Waals surface area (Å²) >= 11 is 0. The maximum Gasteiger partial charge on any atom is 0.0908 e. The highest BCUT2D eigenvalue weighted by molar-refractivity contribution is 4.70. The highest BCUT2D eigenvalue weighted by atomic mass is 17.1. The van der Waals surface area contributed by atoms with Gasteiger partial charge < -0.3 is 0 Å². The van der Waals surface area contributed by atoms with Gasteiger partial charge in [0.25, 0.3) is 0 Å². The van der Waals surface area contributed by atoms with Gasteiger partial charge in [0, 0.05) is 0 Å². The third kappa shape index (κ3) is 3.18. The van der Waals surface area contributed by atoms with Crippen molar-refractivity contribution in [2.45, 2.75) is 40.0 Å². The summed E-state index contributed by atoms with van der Waals surface area (Å²) in [6.07, 6.45) is 3.21. The van der Waals surface area contributed by atoms with Crippen LogP contribution in [0.15, 0.2) is 0 Å². The van der Waals surface area contributed by atoms with Crippen LogP contribution in [0, 0.1) is 5.41 Å². The Bertz CT molecular complexity index is 75.3. The molecule has 0 bridgehead atoms. The Labute approximate surface area is 63.1 Å². The molecule has 0 aromatic rings. The molecule has 0 N–H and O–H groups in total. The molecule has 0 spiro atoms. The van der Waals surface area contributed by atoms with Crippen molar-refractivity contribution in [1.82, 2.24) is 0 Å². The van der Waals surface area contributed by atoms with E-state index in [1.165, 1.54) is 0 Å². The van der Waals surface area contributed by atoms with Gasteiger partial charge in [0.15, 0.2) is 0 Å². The number of rotatable bonds is 5. The maximum atomic E-state index is 9.88. The van der Waals surface area contributed by atoms with Gasteiger partial charge in [0.05, 0.1) is 6.61 Å². The van der Waals surface area contributed by atoms with Crippen molar-refractivity contribution in [1.29, 1.82) is 0 Å². The molecule has 0 aromatic heterocycles. The lowest BCUT2D eigenvalue weighted by Crippen LogP contribution is -2.20. The van der Waals surface area contributed by atoms with Gasteiger partial charge in [0.1, 0.15) is 0 Å². The molecule has 10 heavy (non-hydrogen) atoms. The largest absolute Gasteiger partial charge is 0.203 e. The first-order chi connectivity index (χ1) is 4.68. The lowest BCUT2D eigenvalue weighted by molar-refractivity contribution is -0.319. The average molecular weight is 145 g/mol. The maximum absolute atomic E-state index is 9.88. The average Bonchev–Trinajstić information content (AvgIpc) is 1.89. The van der Waals surface area contributed by atoms with Gasteiger partial charge in [-0.25, -0.2) is 4.89 Å². The van der Waals surface area contributed by atoms with Crippen molar-refractivity contribution >= 4 is 0 Å². The zero-order chi connectivity index (χ0) is 8.04. The fraction of sp³-hybridized carbons (Fsp3) is 1.00. The van der Waals surface area contributed by atoms with Crippen molar-refractivity contribution < 1.29 is 10.1 Å². The second kappa shape index (κ2) is 4.69. The minimum atomic E-state index is 0.108. The van der Waals surface area contributed by atoms with Gasteiger partial charge in [-0.3, -0.25) is 0 Å². The molecule has 0 fully saturated rings. The Kier molecular flexibility index (Phi) is 4.65. The summed E-state index contributed by atoms with van der Waals surface area (Å²) in [5.74, 6) is 0. The Morgan fingerprint density at radius 1 is 1.40 bits per heavy atom. The lowest BCUT2D eigenvalue weighted by Gasteiger charge is -2.24. The first kappa shape index (κ1) is 9.92. The van der Waals surface area contributed by atoms with Crippen molar-refractivity contribution in [2.24, 2.45) is 5.41 Å². The van der Waals surface area contributed by atoms with E-state index in [4.69, 9.17) is 0 Å². The van der Waals surface area contributed by atoms with E-state index in [1.807, 2.05) is 0 Å². The van der Waals surface area contributed by atoms with Crippen LogP contribution in [0.4, 0.5) is 0 Å². The third-order valence-corrected chi connectivity index (χ3v) is 2.11. The fourth-order valence-corrected chi connectivity index (χ4v) is 1.10. The summed E-state index contributed by atoms with van der Waals surface area (Å²) in [6.45, 7) is 6.65. The molecule has 1 atom stereocenters. The van der Waals surface area contributed by atoms with Crippen LogP contribution in [-0.4, -0.2) is 6.61 Å². The quantitative estimate of drug-likeness (QED) is 0.432. The molecule has 0 rings (SSSR count). The fourth-order valence-electron chi connectivity index (χ4n) is 1.10. The standard InChI is InChI=1S/C8H17O2/c1-4-6-8(3,5-2)7-10-9/h4-7H2,1-3H3. The molecule has 0 aliphatic heterocycles. The molecule has 1 unspecified atom stereocenters. The Morgan fingerprint density at radius 2 is 2.00 bits per heavy atom. The Morgan fingerprint density at radius 3 is 2.30 bits per heavy atom. The monoisotopic (exact) mass is 145 g/mol. The van der Waals surface area contributed by atoms with E-state index in [0.717, 1.165) is 19.3 Å². The van der Waals surface area contributed by atoms with E-state index < -0.39 is 0 Å². The predicted molar refractivity (Wildman–Crippen MR) is 39.9 cm³/mol. The van der Waals surface area contributed by atoms with Gasteiger partial charge in [-0.15, -0.1) is 0 Å². The van der Waals surface area contributed by atoms with Crippen LogP contribution in [0.3, 0.4) is 0 Å². The minimum absolute atomic E-state index is 0.108. The highest BCUT2D eigenvalue weighted by Gasteiger charge is 2.21. The van der Waals surface area contributed by atoms with Crippen molar-refractivity contribution in [3.05, 3.63) is 0 Å². The topological polar surface area (TPSA) is 29.1 Å². The van der Waals surface area contributed by atoms with E-state index in [0.29, 0.717) is 6.61 Å². The smallest absolute Gasteiger partial charge is 0.0908 e. The van der Waals surface area contributed by atoms with Crippen LogP contribution in [0.25, 0.3) is 0 Å². The summed E-state index contributed by atoms with van der Waals surface area (Å²) in [5, 5.41) is 9.88. The first-order valence-corrected chi connectivity index (χ1v) is 3.93. The van der Waals surface area contributed by atoms with Crippen LogP contribution < -0.4 is 0 Å². The van der Waals surface area contributed by atoms with Crippen molar-refractivity contribution in [3.63, 3.8) is 0 Å². The number of hydrogen-bond donors (Lipinski definition) is 0. The third-order valence-electron chi connectivity index (χ3n) is 2.11. The van der Waals surface area contributed by atoms with E-state index in [-0.39, 0.29) is 5.41 Å². The van der Waals surface area contributed by atoms with Crippen molar-refractivity contribution in [3.8, 4) is 0 Å². The molecule has 0 aliphatic carbocycles. The van der Waals surface area contributed by atoms with Gasteiger partial charge in [-0.1, -0.05) is 27.2 Å². The van der Waals surface area contributed by atoms with E-state index in [9.17, 15) is 5.26 Å². The number of hydrogen-bond acceptors (Lipinski definition) is 1. The summed E-state index contributed by atoms with van der Waals surface area (Å²) in [4.78, 5) is 3.90. The Balaban J connectivity index is 3.69. The molecule has 0 amide bonds. The molecular formula is C8H17O2. The molecule has 1 radical (unpaired) electrons. The van der Waals surface area contributed by atoms with Crippen LogP contribution in [-0.2, 0) is 10.1 Å². The van der Waals surface area contributed by atoms with Gasteiger partial charge in [0.2, 0.25) is 0 Å². The summed E-state index contributed by atoms with van der Waals surface area (Å²) in [5.41, 5.74) is 0.108. The van der Waals surface area contributed by atoms with Gasteiger partial charge in [-0.05, 0) is 23.5 Å². The molecule has 0 aromatic carbocycles. The van der Waals surface area contributed by atoms with Gasteiger partial charge in [-0.2, -0.15) is 0 Å². The second-order valence-electron chi connectivity index (χ2n) is 3.18. The zero-order valence-corrected chi connectivity index (χ0v) is 7.14. The predicted octanol–water partition coefficient (Wildman–Crippen LogP) is 2.56. The summed E-state index contributed by atoms with van der Waals surface area (Å²) in [6, 6.07) is 0. The van der Waals surface area contributed by atoms with Gasteiger partial charge >= 0.3 is 0 Å². The molecule has 0 saturated heterocycles.